The lowest BCUT2D eigenvalue weighted by molar-refractivity contribution is 0.597. The van der Waals surface area contributed by atoms with Gasteiger partial charge >= 0.3 is 0 Å². The number of hydrogen-bond acceptors (Lipinski definition) is 5. The summed E-state index contributed by atoms with van der Waals surface area (Å²) in [6.07, 6.45) is 1.10. The molecule has 2 aromatic rings. The fourth-order valence-corrected chi connectivity index (χ4v) is 2.50. The second kappa shape index (κ2) is 6.00. The molecule has 0 bridgehead atoms. The highest BCUT2D eigenvalue weighted by Crippen LogP contribution is 2.21. The summed E-state index contributed by atoms with van der Waals surface area (Å²) in [7, 11) is 0. The molecule has 0 saturated heterocycles. The molecule has 1 aromatic heterocycles. The molecule has 0 aliphatic rings. The third-order valence-electron chi connectivity index (χ3n) is 2.68. The van der Waals surface area contributed by atoms with E-state index in [-0.39, 0.29) is 0 Å². The van der Waals surface area contributed by atoms with Crippen LogP contribution in [0.15, 0.2) is 22.6 Å². The normalized spacial score (nSPS) is 12.8. The third kappa shape index (κ3) is 3.32. The number of nitrogens with one attached hydrogen (secondary N) is 1. The molecule has 2 rings (SSSR count). The van der Waals surface area contributed by atoms with E-state index >= 15 is 0 Å². The van der Waals surface area contributed by atoms with Gasteiger partial charge in [-0.05, 0) is 43.0 Å². The fraction of sp³-hybridized carbons (Fsp3) is 0.462. The van der Waals surface area contributed by atoms with Crippen LogP contribution < -0.4 is 11.1 Å². The molecule has 98 valence electrons. The molecule has 3 N–H and O–H groups in total. The molecule has 18 heavy (non-hydrogen) atoms. The van der Waals surface area contributed by atoms with Crippen molar-refractivity contribution in [2.45, 2.75) is 26.3 Å². The number of anilines is 2. The van der Waals surface area contributed by atoms with Crippen LogP contribution in [0, 0.1) is 0 Å². The van der Waals surface area contributed by atoms with E-state index in [0.717, 1.165) is 29.0 Å². The van der Waals surface area contributed by atoms with Gasteiger partial charge in [-0.3, -0.25) is 0 Å². The van der Waals surface area contributed by atoms with Crippen LogP contribution in [0.3, 0.4) is 0 Å². The Morgan fingerprint density at radius 2 is 2.33 bits per heavy atom. The van der Waals surface area contributed by atoms with Crippen LogP contribution in [0.4, 0.5) is 11.7 Å². The molecule has 1 unspecified atom stereocenters. The predicted molar refractivity (Wildman–Crippen MR) is 79.1 cm³/mol. The molecule has 1 aromatic carbocycles. The minimum Gasteiger partial charge on any atom is -0.424 e. The van der Waals surface area contributed by atoms with Gasteiger partial charge in [0.2, 0.25) is 0 Å². The lowest BCUT2D eigenvalue weighted by Crippen LogP contribution is -2.16. The van der Waals surface area contributed by atoms with Crippen LogP contribution >= 0.6 is 11.8 Å². The van der Waals surface area contributed by atoms with Gasteiger partial charge in [-0.1, -0.05) is 6.92 Å². The maximum absolute atomic E-state index is 5.71. The zero-order valence-electron chi connectivity index (χ0n) is 10.8. The van der Waals surface area contributed by atoms with Crippen molar-refractivity contribution in [3.05, 3.63) is 18.2 Å². The van der Waals surface area contributed by atoms with Crippen LogP contribution in [0.25, 0.3) is 11.1 Å². The summed E-state index contributed by atoms with van der Waals surface area (Å²) in [5.41, 5.74) is 7.98. The molecule has 0 aliphatic carbocycles. The average molecular weight is 265 g/mol. The number of rotatable bonds is 6. The van der Waals surface area contributed by atoms with Crippen LogP contribution in [-0.4, -0.2) is 22.5 Å². The molecule has 0 aliphatic heterocycles. The van der Waals surface area contributed by atoms with Gasteiger partial charge in [-0.15, -0.1) is 0 Å². The number of fused-ring (bicyclic) bond motifs is 1. The summed E-state index contributed by atoms with van der Waals surface area (Å²) in [5.74, 6) is 2.31. The third-order valence-corrected chi connectivity index (χ3v) is 3.61. The predicted octanol–water partition coefficient (Wildman–Crippen LogP) is 3.35. The quantitative estimate of drug-likeness (QED) is 0.619. The first-order chi connectivity index (χ1) is 8.69. The van der Waals surface area contributed by atoms with Crippen LogP contribution in [-0.2, 0) is 0 Å². The lowest BCUT2D eigenvalue weighted by Gasteiger charge is -2.10. The zero-order valence-corrected chi connectivity index (χ0v) is 11.6. The SMILES string of the molecule is CCSCCC(C)Nc1nc2cc(N)ccc2o1. The summed E-state index contributed by atoms with van der Waals surface area (Å²) in [6.45, 7) is 4.31. The molecular weight excluding hydrogens is 246 g/mol. The highest BCUT2D eigenvalue weighted by atomic mass is 32.2. The summed E-state index contributed by atoms with van der Waals surface area (Å²) in [5, 5.41) is 3.28. The van der Waals surface area contributed by atoms with Gasteiger partial charge in [0.15, 0.2) is 5.58 Å². The Balaban J connectivity index is 1.98. The van der Waals surface area contributed by atoms with Gasteiger partial charge in [0.1, 0.15) is 5.52 Å². The molecule has 1 atom stereocenters. The summed E-state index contributed by atoms with van der Waals surface area (Å²) in [6, 6.07) is 6.42. The van der Waals surface area contributed by atoms with E-state index in [4.69, 9.17) is 10.2 Å². The van der Waals surface area contributed by atoms with Crippen molar-refractivity contribution in [2.75, 3.05) is 22.6 Å². The van der Waals surface area contributed by atoms with Gasteiger partial charge in [-0.2, -0.15) is 16.7 Å². The van der Waals surface area contributed by atoms with Gasteiger partial charge < -0.3 is 15.5 Å². The van der Waals surface area contributed by atoms with Crippen molar-refractivity contribution in [1.29, 1.82) is 0 Å². The summed E-state index contributed by atoms with van der Waals surface area (Å²) < 4.78 is 5.62. The van der Waals surface area contributed by atoms with Crippen molar-refractivity contribution in [1.82, 2.24) is 4.98 Å². The van der Waals surface area contributed by atoms with E-state index in [1.807, 2.05) is 30.0 Å². The molecule has 0 radical (unpaired) electrons. The topological polar surface area (TPSA) is 64.1 Å². The Labute approximate surface area is 111 Å². The zero-order chi connectivity index (χ0) is 13.0. The monoisotopic (exact) mass is 265 g/mol. The highest BCUT2D eigenvalue weighted by molar-refractivity contribution is 7.99. The largest absolute Gasteiger partial charge is 0.424 e. The summed E-state index contributed by atoms with van der Waals surface area (Å²) >= 11 is 1.95. The molecule has 5 heteroatoms. The van der Waals surface area contributed by atoms with E-state index in [1.54, 1.807) is 0 Å². The Morgan fingerprint density at radius 1 is 1.50 bits per heavy atom. The fourth-order valence-electron chi connectivity index (χ4n) is 1.69. The molecule has 0 saturated carbocycles. The maximum Gasteiger partial charge on any atom is 0.295 e. The van der Waals surface area contributed by atoms with Crippen LogP contribution in [0.2, 0.25) is 0 Å². The Morgan fingerprint density at radius 3 is 3.11 bits per heavy atom. The Kier molecular flexibility index (Phi) is 4.36. The van der Waals surface area contributed by atoms with Crippen molar-refractivity contribution >= 4 is 34.6 Å². The molecular formula is C13H19N3OS. The van der Waals surface area contributed by atoms with Crippen molar-refractivity contribution in [3.8, 4) is 0 Å². The van der Waals surface area contributed by atoms with Crippen LogP contribution in [0.1, 0.15) is 20.3 Å². The number of benzene rings is 1. The van der Waals surface area contributed by atoms with E-state index in [1.165, 1.54) is 0 Å². The first kappa shape index (κ1) is 13.1. The number of oxazole rings is 1. The number of thioether (sulfide) groups is 1. The number of aromatic nitrogens is 1. The molecule has 0 amide bonds. The molecule has 1 heterocycles. The number of nitrogens with two attached hydrogens (primary N) is 1. The average Bonchev–Trinajstić information content (AvgIpc) is 2.70. The molecule has 0 fully saturated rings. The van der Waals surface area contributed by atoms with Crippen molar-refractivity contribution < 1.29 is 4.42 Å². The Hall–Kier alpha value is -1.36. The first-order valence-electron chi connectivity index (χ1n) is 6.19. The van der Waals surface area contributed by atoms with Gasteiger partial charge in [-0.25, -0.2) is 0 Å². The van der Waals surface area contributed by atoms with Crippen LogP contribution in [0.5, 0.6) is 0 Å². The van der Waals surface area contributed by atoms with E-state index in [9.17, 15) is 0 Å². The van der Waals surface area contributed by atoms with Crippen molar-refractivity contribution in [3.63, 3.8) is 0 Å². The second-order valence-electron chi connectivity index (χ2n) is 4.28. The Bertz CT molecular complexity index is 512. The smallest absolute Gasteiger partial charge is 0.295 e. The number of hydrogen-bond donors (Lipinski definition) is 2. The lowest BCUT2D eigenvalue weighted by atomic mass is 10.3. The minimum atomic E-state index is 0.356. The molecule has 4 nitrogen and oxygen atoms in total. The maximum atomic E-state index is 5.71. The second-order valence-corrected chi connectivity index (χ2v) is 5.67. The van der Waals surface area contributed by atoms with E-state index in [2.05, 4.69) is 24.1 Å². The van der Waals surface area contributed by atoms with Gasteiger partial charge in [0.25, 0.3) is 6.01 Å². The highest BCUT2D eigenvalue weighted by Gasteiger charge is 2.08. The standard InChI is InChI=1S/C13H19N3OS/c1-3-18-7-6-9(2)15-13-16-11-8-10(14)4-5-12(11)17-13/h4-5,8-9H,3,6-7,14H2,1-2H3,(H,15,16). The van der Waals surface area contributed by atoms with Crippen molar-refractivity contribution in [2.24, 2.45) is 0 Å². The first-order valence-corrected chi connectivity index (χ1v) is 7.35. The number of nitrogen functional groups attached to an aromatic ring is 1. The van der Waals surface area contributed by atoms with E-state index < -0.39 is 0 Å². The van der Waals surface area contributed by atoms with E-state index in [0.29, 0.717) is 17.7 Å². The van der Waals surface area contributed by atoms with Gasteiger partial charge in [0.05, 0.1) is 0 Å². The minimum absolute atomic E-state index is 0.356. The summed E-state index contributed by atoms with van der Waals surface area (Å²) in [4.78, 5) is 4.38. The van der Waals surface area contributed by atoms with Gasteiger partial charge in [0, 0.05) is 11.7 Å². The molecule has 0 spiro atoms. The number of nitrogens with zero attached hydrogens (tertiary/aromatic N) is 1.